The Morgan fingerprint density at radius 3 is 2.62 bits per heavy atom. The number of halogens is 2. The molecule has 0 saturated carbocycles. The van der Waals surface area contributed by atoms with Crippen LogP contribution in [0.5, 0.6) is 5.75 Å². The van der Waals surface area contributed by atoms with Crippen LogP contribution >= 0.6 is 0 Å². The van der Waals surface area contributed by atoms with E-state index in [1.807, 2.05) is 0 Å². The molecule has 1 aromatic rings. The molecule has 0 aliphatic heterocycles. The van der Waals surface area contributed by atoms with Gasteiger partial charge in [-0.05, 0) is 6.07 Å². The number of oxime groups is 1. The van der Waals surface area contributed by atoms with Crippen molar-refractivity contribution in [3.05, 3.63) is 29.3 Å². The van der Waals surface area contributed by atoms with E-state index in [1.165, 1.54) is 7.11 Å². The molecule has 13 heavy (non-hydrogen) atoms. The van der Waals surface area contributed by atoms with Crippen LogP contribution in [0.25, 0.3) is 0 Å². The van der Waals surface area contributed by atoms with E-state index in [4.69, 9.17) is 5.11 Å². The second-order valence-electron chi connectivity index (χ2n) is 2.24. The molecule has 0 bridgehead atoms. The van der Waals surface area contributed by atoms with Crippen LogP contribution in [-0.2, 0) is 4.84 Å². The molecule has 0 atom stereocenters. The van der Waals surface area contributed by atoms with Crippen molar-refractivity contribution in [2.75, 3.05) is 7.11 Å². The van der Waals surface area contributed by atoms with Crippen LogP contribution in [0.4, 0.5) is 8.78 Å². The maximum Gasteiger partial charge on any atom is 0.162 e. The fraction of sp³-hybridized carbons (Fsp3) is 0.125. The van der Waals surface area contributed by atoms with Gasteiger partial charge in [-0.25, -0.2) is 8.78 Å². The van der Waals surface area contributed by atoms with E-state index >= 15 is 0 Å². The standard InChI is InChI=1S/C8H7F2NO2/c1-13-11-4-5-2-6(9)7(10)3-8(5)12/h2-4,12H,1H3/b11-4+. The number of nitrogens with zero attached hydrogens (tertiary/aromatic N) is 1. The summed E-state index contributed by atoms with van der Waals surface area (Å²) < 4.78 is 25.1. The molecule has 0 heterocycles. The normalized spacial score (nSPS) is 10.7. The number of hydrogen-bond acceptors (Lipinski definition) is 3. The fourth-order valence-electron chi connectivity index (χ4n) is 0.765. The smallest absolute Gasteiger partial charge is 0.162 e. The summed E-state index contributed by atoms with van der Waals surface area (Å²) in [6.07, 6.45) is 1.08. The van der Waals surface area contributed by atoms with Crippen molar-refractivity contribution in [2.24, 2.45) is 5.16 Å². The topological polar surface area (TPSA) is 41.8 Å². The average Bonchev–Trinajstić information content (AvgIpc) is 2.09. The van der Waals surface area contributed by atoms with Gasteiger partial charge in [0, 0.05) is 11.6 Å². The van der Waals surface area contributed by atoms with Crippen molar-refractivity contribution >= 4 is 6.21 Å². The lowest BCUT2D eigenvalue weighted by Gasteiger charge is -1.98. The van der Waals surface area contributed by atoms with Gasteiger partial charge in [0.05, 0.1) is 6.21 Å². The minimum atomic E-state index is -1.10. The molecule has 1 aromatic carbocycles. The summed E-state index contributed by atoms with van der Waals surface area (Å²) in [4.78, 5) is 4.31. The van der Waals surface area contributed by atoms with Crippen molar-refractivity contribution in [2.45, 2.75) is 0 Å². The van der Waals surface area contributed by atoms with Gasteiger partial charge in [0.1, 0.15) is 12.9 Å². The summed E-state index contributed by atoms with van der Waals surface area (Å²) >= 11 is 0. The Labute approximate surface area is 73.2 Å². The first-order valence-corrected chi connectivity index (χ1v) is 3.39. The van der Waals surface area contributed by atoms with Crippen LogP contribution in [0.2, 0.25) is 0 Å². The number of aromatic hydroxyl groups is 1. The van der Waals surface area contributed by atoms with Crippen LogP contribution in [0.1, 0.15) is 5.56 Å². The first-order valence-electron chi connectivity index (χ1n) is 3.39. The summed E-state index contributed by atoms with van der Waals surface area (Å²) in [5, 5.41) is 12.4. The van der Waals surface area contributed by atoms with Gasteiger partial charge < -0.3 is 9.94 Å². The summed E-state index contributed by atoms with van der Waals surface area (Å²) in [6.45, 7) is 0. The Bertz CT molecular complexity index is 339. The summed E-state index contributed by atoms with van der Waals surface area (Å²) in [5.41, 5.74) is 0.0563. The van der Waals surface area contributed by atoms with Gasteiger partial charge in [-0.1, -0.05) is 5.16 Å². The molecule has 5 heteroatoms. The van der Waals surface area contributed by atoms with E-state index in [1.54, 1.807) is 0 Å². The average molecular weight is 187 g/mol. The maximum atomic E-state index is 12.6. The minimum absolute atomic E-state index is 0.0563. The van der Waals surface area contributed by atoms with Crippen LogP contribution in [0, 0.1) is 11.6 Å². The number of benzene rings is 1. The monoisotopic (exact) mass is 187 g/mol. The van der Waals surface area contributed by atoms with Crippen molar-refractivity contribution < 1.29 is 18.7 Å². The van der Waals surface area contributed by atoms with Crippen molar-refractivity contribution in [3.8, 4) is 5.75 Å². The molecule has 0 aromatic heterocycles. The van der Waals surface area contributed by atoms with Gasteiger partial charge in [-0.15, -0.1) is 0 Å². The Balaban J connectivity index is 3.08. The van der Waals surface area contributed by atoms with Gasteiger partial charge in [0.25, 0.3) is 0 Å². The largest absolute Gasteiger partial charge is 0.507 e. The molecule has 0 radical (unpaired) electrons. The predicted octanol–water partition coefficient (Wildman–Crippen LogP) is 1.65. The first kappa shape index (κ1) is 9.44. The highest BCUT2D eigenvalue weighted by molar-refractivity contribution is 5.82. The molecule has 70 valence electrons. The molecule has 0 aliphatic rings. The van der Waals surface area contributed by atoms with E-state index in [0.29, 0.717) is 6.07 Å². The highest BCUT2D eigenvalue weighted by atomic mass is 19.2. The second kappa shape index (κ2) is 3.84. The van der Waals surface area contributed by atoms with Crippen molar-refractivity contribution in [1.82, 2.24) is 0 Å². The molecule has 1 rings (SSSR count). The van der Waals surface area contributed by atoms with Crippen molar-refractivity contribution in [3.63, 3.8) is 0 Å². The fourth-order valence-corrected chi connectivity index (χ4v) is 0.765. The third-order valence-corrected chi connectivity index (χ3v) is 1.37. The lowest BCUT2D eigenvalue weighted by Crippen LogP contribution is -1.89. The molecule has 0 aliphatic carbocycles. The second-order valence-corrected chi connectivity index (χ2v) is 2.24. The Morgan fingerprint density at radius 2 is 2.00 bits per heavy atom. The zero-order valence-corrected chi connectivity index (χ0v) is 6.79. The van der Waals surface area contributed by atoms with Crippen LogP contribution < -0.4 is 0 Å². The minimum Gasteiger partial charge on any atom is -0.507 e. The molecule has 0 spiro atoms. The summed E-state index contributed by atoms with van der Waals surface area (Å²) in [5.74, 6) is -2.54. The van der Waals surface area contributed by atoms with Crippen LogP contribution in [0.15, 0.2) is 17.3 Å². The van der Waals surface area contributed by atoms with Gasteiger partial charge in [0.2, 0.25) is 0 Å². The first-order chi connectivity index (χ1) is 6.15. The van der Waals surface area contributed by atoms with Gasteiger partial charge >= 0.3 is 0 Å². The molecule has 1 N–H and O–H groups in total. The SMILES string of the molecule is CO/N=C/c1cc(F)c(F)cc1O. The zero-order valence-electron chi connectivity index (χ0n) is 6.79. The third kappa shape index (κ3) is 2.14. The molecule has 0 fully saturated rings. The van der Waals surface area contributed by atoms with Crippen LogP contribution in [-0.4, -0.2) is 18.4 Å². The van der Waals surface area contributed by atoms with E-state index in [0.717, 1.165) is 12.3 Å². The van der Waals surface area contributed by atoms with E-state index < -0.39 is 11.6 Å². The number of phenols is 1. The molecule has 0 unspecified atom stereocenters. The number of hydrogen-bond donors (Lipinski definition) is 1. The van der Waals surface area contributed by atoms with Crippen molar-refractivity contribution in [1.29, 1.82) is 0 Å². The lowest BCUT2D eigenvalue weighted by atomic mass is 10.2. The zero-order chi connectivity index (χ0) is 9.84. The van der Waals surface area contributed by atoms with Gasteiger partial charge in [-0.3, -0.25) is 0 Å². The Kier molecular flexibility index (Phi) is 2.79. The van der Waals surface area contributed by atoms with E-state index in [-0.39, 0.29) is 11.3 Å². The molecule has 3 nitrogen and oxygen atoms in total. The summed E-state index contributed by atoms with van der Waals surface area (Å²) in [7, 11) is 1.30. The van der Waals surface area contributed by atoms with Gasteiger partial charge in [0.15, 0.2) is 11.6 Å². The molecule has 0 amide bonds. The Hall–Kier alpha value is -1.65. The summed E-state index contributed by atoms with van der Waals surface area (Å²) in [6, 6.07) is 1.50. The van der Waals surface area contributed by atoms with E-state index in [2.05, 4.69) is 9.99 Å². The third-order valence-electron chi connectivity index (χ3n) is 1.37. The molecular weight excluding hydrogens is 180 g/mol. The van der Waals surface area contributed by atoms with E-state index in [9.17, 15) is 8.78 Å². The molecular formula is C8H7F2NO2. The Morgan fingerprint density at radius 1 is 1.38 bits per heavy atom. The molecule has 0 saturated heterocycles. The highest BCUT2D eigenvalue weighted by Gasteiger charge is 2.06. The quantitative estimate of drug-likeness (QED) is 0.565. The lowest BCUT2D eigenvalue weighted by molar-refractivity contribution is 0.215. The van der Waals surface area contributed by atoms with Gasteiger partial charge in [-0.2, -0.15) is 0 Å². The number of rotatable bonds is 2. The number of phenolic OH excluding ortho intramolecular Hbond substituents is 1. The van der Waals surface area contributed by atoms with Crippen LogP contribution in [0.3, 0.4) is 0 Å². The highest BCUT2D eigenvalue weighted by Crippen LogP contribution is 2.18. The predicted molar refractivity (Wildman–Crippen MR) is 42.6 cm³/mol. The maximum absolute atomic E-state index is 12.6.